The molecule has 1 aliphatic rings. The van der Waals surface area contributed by atoms with Crippen molar-refractivity contribution in [3.8, 4) is 11.4 Å². The molecule has 1 N–H and O–H groups in total. The lowest BCUT2D eigenvalue weighted by Gasteiger charge is -2.17. The Kier molecular flexibility index (Phi) is 5.92. The average Bonchev–Trinajstić information content (AvgIpc) is 3.53. The zero-order valence-corrected chi connectivity index (χ0v) is 18.1. The predicted molar refractivity (Wildman–Crippen MR) is 111 cm³/mol. The molecule has 4 rings (SSSR count). The molecule has 1 saturated heterocycles. The topological polar surface area (TPSA) is 119 Å². The van der Waals surface area contributed by atoms with Crippen molar-refractivity contribution in [1.29, 1.82) is 0 Å². The third-order valence-corrected chi connectivity index (χ3v) is 7.13. The smallest absolute Gasteiger partial charge is 0.287 e. The lowest BCUT2D eigenvalue weighted by atomic mass is 10.0. The minimum absolute atomic E-state index is 0.0137. The molecule has 1 amide bonds. The lowest BCUT2D eigenvalue weighted by molar-refractivity contribution is 0.0885. The fraction of sp³-hybridized carbons (Fsp3) is 0.381. The first-order chi connectivity index (χ1) is 14.9. The van der Waals surface area contributed by atoms with Crippen molar-refractivity contribution in [3.05, 3.63) is 54.3 Å². The number of amides is 1. The van der Waals surface area contributed by atoms with Gasteiger partial charge in [0.25, 0.3) is 5.91 Å². The van der Waals surface area contributed by atoms with Gasteiger partial charge in [-0.25, -0.2) is 8.42 Å². The van der Waals surface area contributed by atoms with Crippen LogP contribution in [0.3, 0.4) is 0 Å². The molecule has 0 spiro atoms. The molecule has 1 unspecified atom stereocenters. The van der Waals surface area contributed by atoms with E-state index in [0.29, 0.717) is 24.5 Å². The summed E-state index contributed by atoms with van der Waals surface area (Å²) in [5.74, 6) is 0.386. The minimum Gasteiger partial charge on any atom is -0.459 e. The molecule has 10 heteroatoms. The third kappa shape index (κ3) is 4.40. The Bertz CT molecular complexity index is 1130. The van der Waals surface area contributed by atoms with Crippen molar-refractivity contribution in [2.75, 3.05) is 13.1 Å². The van der Waals surface area contributed by atoms with E-state index in [2.05, 4.69) is 15.5 Å². The zero-order chi connectivity index (χ0) is 22.0. The molecule has 1 atom stereocenters. The summed E-state index contributed by atoms with van der Waals surface area (Å²) in [4.78, 5) is 17.0. The predicted octanol–water partition coefficient (Wildman–Crippen LogP) is 3.24. The number of sulfonamides is 1. The van der Waals surface area contributed by atoms with Crippen molar-refractivity contribution in [3.63, 3.8) is 0 Å². The van der Waals surface area contributed by atoms with Gasteiger partial charge in [0.2, 0.25) is 21.7 Å². The highest BCUT2D eigenvalue weighted by Crippen LogP contribution is 2.26. The Labute approximate surface area is 180 Å². The molecule has 1 aliphatic heterocycles. The van der Waals surface area contributed by atoms with Crippen molar-refractivity contribution >= 4 is 15.9 Å². The Morgan fingerprint density at radius 1 is 1.13 bits per heavy atom. The van der Waals surface area contributed by atoms with Gasteiger partial charge in [0.1, 0.15) is 6.04 Å². The highest BCUT2D eigenvalue weighted by molar-refractivity contribution is 7.89. The van der Waals surface area contributed by atoms with E-state index >= 15 is 0 Å². The number of hydrogen-bond donors (Lipinski definition) is 1. The Balaban J connectivity index is 1.52. The van der Waals surface area contributed by atoms with E-state index in [4.69, 9.17) is 8.94 Å². The largest absolute Gasteiger partial charge is 0.459 e. The van der Waals surface area contributed by atoms with Crippen molar-refractivity contribution < 1.29 is 22.2 Å². The van der Waals surface area contributed by atoms with Gasteiger partial charge in [-0.3, -0.25) is 4.79 Å². The first-order valence-corrected chi connectivity index (χ1v) is 11.6. The van der Waals surface area contributed by atoms with Gasteiger partial charge in [-0.2, -0.15) is 9.29 Å². The van der Waals surface area contributed by atoms with Crippen molar-refractivity contribution in [2.24, 2.45) is 5.92 Å². The van der Waals surface area contributed by atoms with Crippen LogP contribution in [0.1, 0.15) is 49.2 Å². The van der Waals surface area contributed by atoms with Gasteiger partial charge < -0.3 is 14.3 Å². The van der Waals surface area contributed by atoms with Crippen LogP contribution in [0.15, 0.2) is 56.5 Å². The van der Waals surface area contributed by atoms with Crippen LogP contribution in [0, 0.1) is 5.92 Å². The molecular weight excluding hydrogens is 420 g/mol. The molecular formula is C21H24N4O5S. The normalized spacial score (nSPS) is 16.0. The number of furan rings is 1. The summed E-state index contributed by atoms with van der Waals surface area (Å²) >= 11 is 0. The summed E-state index contributed by atoms with van der Waals surface area (Å²) in [6, 6.07) is 9.12. The molecule has 164 valence electrons. The summed E-state index contributed by atoms with van der Waals surface area (Å²) in [5.41, 5.74) is 0.621. The van der Waals surface area contributed by atoms with Crippen molar-refractivity contribution in [1.82, 2.24) is 19.8 Å². The van der Waals surface area contributed by atoms with Gasteiger partial charge in [0, 0.05) is 18.7 Å². The second kappa shape index (κ2) is 8.64. The van der Waals surface area contributed by atoms with Crippen LogP contribution in [0.4, 0.5) is 0 Å². The Hall–Kier alpha value is -2.98. The van der Waals surface area contributed by atoms with E-state index < -0.39 is 16.1 Å². The number of carbonyl (C=O) groups excluding carboxylic acids is 1. The second-order valence-electron chi connectivity index (χ2n) is 7.76. The Morgan fingerprint density at radius 2 is 1.84 bits per heavy atom. The highest BCUT2D eigenvalue weighted by Gasteiger charge is 2.28. The van der Waals surface area contributed by atoms with Crippen LogP contribution in [-0.4, -0.2) is 41.9 Å². The van der Waals surface area contributed by atoms with E-state index in [0.717, 1.165) is 12.8 Å². The molecule has 9 nitrogen and oxygen atoms in total. The van der Waals surface area contributed by atoms with Crippen molar-refractivity contribution in [2.45, 2.75) is 37.6 Å². The van der Waals surface area contributed by atoms with Gasteiger partial charge in [0.05, 0.1) is 11.2 Å². The SMILES string of the molecule is CC(C)C(NC(=O)c1ccco1)c1nc(-c2ccc(S(=O)(=O)N3CCCC3)cc2)no1. The molecule has 3 heterocycles. The summed E-state index contributed by atoms with van der Waals surface area (Å²) in [6.07, 6.45) is 3.20. The molecule has 0 saturated carbocycles. The second-order valence-corrected chi connectivity index (χ2v) is 9.70. The van der Waals surface area contributed by atoms with Gasteiger partial charge >= 0.3 is 0 Å². The van der Waals surface area contributed by atoms with E-state index in [-0.39, 0.29) is 28.4 Å². The number of aromatic nitrogens is 2. The van der Waals surface area contributed by atoms with E-state index in [1.54, 1.807) is 36.4 Å². The monoisotopic (exact) mass is 444 g/mol. The van der Waals surface area contributed by atoms with E-state index in [1.165, 1.54) is 10.6 Å². The van der Waals surface area contributed by atoms with Gasteiger partial charge in [-0.05, 0) is 55.2 Å². The molecule has 3 aromatic rings. The molecule has 0 radical (unpaired) electrons. The Morgan fingerprint density at radius 3 is 2.45 bits per heavy atom. The number of hydrogen-bond acceptors (Lipinski definition) is 7. The van der Waals surface area contributed by atoms with Gasteiger partial charge in [0.15, 0.2) is 5.76 Å². The van der Waals surface area contributed by atoms with Crippen LogP contribution >= 0.6 is 0 Å². The molecule has 0 bridgehead atoms. The third-order valence-electron chi connectivity index (χ3n) is 5.22. The molecule has 0 aliphatic carbocycles. The van der Waals surface area contributed by atoms with Crippen LogP contribution in [-0.2, 0) is 10.0 Å². The maximum absolute atomic E-state index is 12.7. The first-order valence-electron chi connectivity index (χ1n) is 10.1. The lowest BCUT2D eigenvalue weighted by Crippen LogP contribution is -2.31. The fourth-order valence-electron chi connectivity index (χ4n) is 3.47. The van der Waals surface area contributed by atoms with E-state index in [1.807, 2.05) is 13.8 Å². The number of carbonyl (C=O) groups is 1. The fourth-order valence-corrected chi connectivity index (χ4v) is 4.98. The average molecular weight is 445 g/mol. The summed E-state index contributed by atoms with van der Waals surface area (Å²) in [7, 11) is -3.48. The molecule has 1 aromatic carbocycles. The molecule has 31 heavy (non-hydrogen) atoms. The van der Waals surface area contributed by atoms with Crippen LogP contribution in [0.2, 0.25) is 0 Å². The maximum atomic E-state index is 12.7. The quantitative estimate of drug-likeness (QED) is 0.594. The van der Waals surface area contributed by atoms with Crippen LogP contribution in [0.25, 0.3) is 11.4 Å². The molecule has 1 fully saturated rings. The number of rotatable bonds is 7. The van der Waals surface area contributed by atoms with E-state index in [9.17, 15) is 13.2 Å². The molecule has 2 aromatic heterocycles. The number of nitrogens with zero attached hydrogens (tertiary/aromatic N) is 3. The summed E-state index contributed by atoms with van der Waals surface area (Å²) in [5, 5.41) is 6.85. The first kappa shape index (κ1) is 21.3. The highest BCUT2D eigenvalue weighted by atomic mass is 32.2. The zero-order valence-electron chi connectivity index (χ0n) is 17.3. The van der Waals surface area contributed by atoms with Crippen LogP contribution < -0.4 is 5.32 Å². The van der Waals surface area contributed by atoms with Gasteiger partial charge in [-0.1, -0.05) is 19.0 Å². The number of nitrogens with one attached hydrogen (secondary N) is 1. The van der Waals surface area contributed by atoms with Gasteiger partial charge in [-0.15, -0.1) is 0 Å². The van der Waals surface area contributed by atoms with Crippen LogP contribution in [0.5, 0.6) is 0 Å². The maximum Gasteiger partial charge on any atom is 0.287 e. The summed E-state index contributed by atoms with van der Waals surface area (Å²) in [6.45, 7) is 4.96. The minimum atomic E-state index is -3.48. The summed E-state index contributed by atoms with van der Waals surface area (Å²) < 4.78 is 37.4. The standard InChI is InChI=1S/C21H24N4O5S/c1-14(2)18(22-20(26)17-6-5-13-29-17)21-23-19(24-30-21)15-7-9-16(10-8-15)31(27,28)25-11-3-4-12-25/h5-10,13-14,18H,3-4,11-12H2,1-2H3,(H,22,26). The number of benzene rings is 1.